The van der Waals surface area contributed by atoms with Crippen molar-refractivity contribution in [3.8, 4) is 5.75 Å². The molecule has 0 bridgehead atoms. The van der Waals surface area contributed by atoms with Crippen LogP contribution in [-0.4, -0.2) is 47.8 Å². The Hall–Kier alpha value is -1.95. The summed E-state index contributed by atoms with van der Waals surface area (Å²) < 4.78 is 6.28. The van der Waals surface area contributed by atoms with Gasteiger partial charge in [-0.15, -0.1) is 0 Å². The molecular formula is C26H41N3O2. The molecule has 0 spiro atoms. The second-order valence-corrected chi connectivity index (χ2v) is 8.02. The van der Waals surface area contributed by atoms with Gasteiger partial charge in [0, 0.05) is 24.1 Å². The third-order valence-electron chi connectivity index (χ3n) is 5.69. The first-order chi connectivity index (χ1) is 15.1. The fraction of sp³-hybridized carbons (Fsp3) is 0.577. The van der Waals surface area contributed by atoms with Crippen molar-refractivity contribution in [2.45, 2.75) is 66.5 Å². The summed E-state index contributed by atoms with van der Waals surface area (Å²) in [5.41, 5.74) is 5.07. The molecule has 0 radical (unpaired) electrons. The Bertz CT molecular complexity index is 761. The van der Waals surface area contributed by atoms with Crippen LogP contribution in [-0.2, 0) is 19.6 Å². The van der Waals surface area contributed by atoms with Gasteiger partial charge in [-0.25, -0.2) is 0 Å². The number of nitrogens with zero attached hydrogens (tertiary/aromatic N) is 2. The highest BCUT2D eigenvalue weighted by molar-refractivity contribution is 5.46. The third kappa shape index (κ3) is 7.91. The zero-order chi connectivity index (χ0) is 22.5. The number of unbranched alkanes of at least 4 members (excludes halogenated alkanes) is 1. The fourth-order valence-corrected chi connectivity index (χ4v) is 3.83. The highest BCUT2D eigenvalue weighted by Crippen LogP contribution is 2.31. The van der Waals surface area contributed by atoms with E-state index in [0.29, 0.717) is 13.0 Å². The van der Waals surface area contributed by atoms with Gasteiger partial charge in [-0.3, -0.25) is 9.88 Å². The Morgan fingerprint density at radius 1 is 1.00 bits per heavy atom. The van der Waals surface area contributed by atoms with Crippen LogP contribution in [0.4, 0.5) is 0 Å². The molecule has 5 heteroatoms. The first-order valence-corrected chi connectivity index (χ1v) is 11.9. The lowest BCUT2D eigenvalue weighted by molar-refractivity contribution is 0.253. The molecule has 0 amide bonds. The van der Waals surface area contributed by atoms with Crippen LogP contribution in [0.15, 0.2) is 30.3 Å². The van der Waals surface area contributed by atoms with Crippen molar-refractivity contribution in [3.63, 3.8) is 0 Å². The van der Waals surface area contributed by atoms with Gasteiger partial charge in [-0.2, -0.15) is 0 Å². The maximum atomic E-state index is 10.3. The lowest BCUT2D eigenvalue weighted by atomic mass is 9.98. The molecule has 0 aliphatic carbocycles. The van der Waals surface area contributed by atoms with Crippen LogP contribution in [0.25, 0.3) is 0 Å². The fourth-order valence-electron chi connectivity index (χ4n) is 3.83. The average Bonchev–Trinajstić information content (AvgIpc) is 2.79. The number of rotatable bonds is 15. The molecule has 0 fully saturated rings. The normalized spacial score (nSPS) is 11.3. The third-order valence-corrected chi connectivity index (χ3v) is 5.69. The summed E-state index contributed by atoms with van der Waals surface area (Å²) in [6.07, 6.45) is 3.97. The van der Waals surface area contributed by atoms with Gasteiger partial charge >= 0.3 is 0 Å². The van der Waals surface area contributed by atoms with E-state index in [1.165, 1.54) is 5.56 Å². The van der Waals surface area contributed by atoms with Crippen molar-refractivity contribution in [3.05, 3.63) is 58.4 Å². The Morgan fingerprint density at radius 2 is 1.74 bits per heavy atom. The summed E-state index contributed by atoms with van der Waals surface area (Å²) in [6.45, 7) is 14.0. The van der Waals surface area contributed by atoms with Crippen molar-refractivity contribution in [1.29, 1.82) is 0 Å². The van der Waals surface area contributed by atoms with Crippen LogP contribution in [0, 0.1) is 6.92 Å². The van der Waals surface area contributed by atoms with Crippen LogP contribution < -0.4 is 10.1 Å². The molecular weight excluding hydrogens is 386 g/mol. The van der Waals surface area contributed by atoms with Crippen LogP contribution in [0.3, 0.4) is 0 Å². The minimum atomic E-state index is -0.0245. The lowest BCUT2D eigenvalue weighted by Gasteiger charge is -2.25. The number of aliphatic hydroxyl groups excluding tert-OH is 1. The van der Waals surface area contributed by atoms with Crippen molar-refractivity contribution in [1.82, 2.24) is 15.2 Å². The first-order valence-electron chi connectivity index (χ1n) is 11.9. The maximum absolute atomic E-state index is 10.3. The van der Waals surface area contributed by atoms with E-state index in [1.807, 2.05) is 25.1 Å². The second-order valence-electron chi connectivity index (χ2n) is 8.02. The van der Waals surface area contributed by atoms with Gasteiger partial charge in [0.25, 0.3) is 0 Å². The van der Waals surface area contributed by atoms with Crippen molar-refractivity contribution < 1.29 is 9.84 Å². The van der Waals surface area contributed by atoms with E-state index >= 15 is 0 Å². The van der Waals surface area contributed by atoms with Gasteiger partial charge in [-0.1, -0.05) is 51.1 Å². The topological polar surface area (TPSA) is 57.6 Å². The van der Waals surface area contributed by atoms with Crippen LogP contribution in [0.2, 0.25) is 0 Å². The molecule has 0 aliphatic rings. The molecule has 0 atom stereocenters. The molecule has 0 unspecified atom stereocenters. The Morgan fingerprint density at radius 3 is 2.39 bits per heavy atom. The van der Waals surface area contributed by atoms with Gasteiger partial charge < -0.3 is 15.2 Å². The largest absolute Gasteiger partial charge is 0.491 e. The van der Waals surface area contributed by atoms with Gasteiger partial charge in [0.15, 0.2) is 0 Å². The predicted molar refractivity (Wildman–Crippen MR) is 129 cm³/mol. The number of aromatic nitrogens is 1. The highest BCUT2D eigenvalue weighted by Gasteiger charge is 2.20. The SMILES string of the molecule is CCCNCCCCOc1c(C)nc(Cc2ccccc2)c(CO)c1CN(CC)CC. The van der Waals surface area contributed by atoms with E-state index in [-0.39, 0.29) is 6.61 Å². The number of ether oxygens (including phenoxy) is 1. The zero-order valence-electron chi connectivity index (χ0n) is 19.9. The molecule has 31 heavy (non-hydrogen) atoms. The molecule has 5 nitrogen and oxygen atoms in total. The molecule has 2 N–H and O–H groups in total. The summed E-state index contributed by atoms with van der Waals surface area (Å²) in [6, 6.07) is 10.3. The Labute approximate surface area is 188 Å². The molecule has 2 aromatic rings. The monoisotopic (exact) mass is 427 g/mol. The summed E-state index contributed by atoms with van der Waals surface area (Å²) in [7, 11) is 0. The van der Waals surface area contributed by atoms with Gasteiger partial charge in [0.1, 0.15) is 5.75 Å². The quantitative estimate of drug-likeness (QED) is 0.411. The lowest BCUT2D eigenvalue weighted by Crippen LogP contribution is -2.24. The minimum absolute atomic E-state index is 0.0245. The molecule has 172 valence electrons. The molecule has 0 saturated carbocycles. The molecule has 0 aliphatic heterocycles. The van der Waals surface area contributed by atoms with E-state index in [4.69, 9.17) is 9.72 Å². The minimum Gasteiger partial charge on any atom is -0.491 e. The van der Waals surface area contributed by atoms with Gasteiger partial charge in [0.2, 0.25) is 0 Å². The summed E-state index contributed by atoms with van der Waals surface area (Å²) in [5, 5.41) is 13.8. The molecule has 0 saturated heterocycles. The number of hydrogen-bond acceptors (Lipinski definition) is 5. The van der Waals surface area contributed by atoms with Crippen LogP contribution in [0.1, 0.15) is 68.1 Å². The van der Waals surface area contributed by atoms with Crippen molar-refractivity contribution in [2.75, 3.05) is 32.8 Å². The predicted octanol–water partition coefficient (Wildman–Crippen LogP) is 4.47. The number of hydrogen-bond donors (Lipinski definition) is 2. The zero-order valence-corrected chi connectivity index (χ0v) is 19.9. The second kappa shape index (κ2) is 14.2. The van der Waals surface area contributed by atoms with E-state index < -0.39 is 0 Å². The van der Waals surface area contributed by atoms with Crippen LogP contribution in [0.5, 0.6) is 5.75 Å². The van der Waals surface area contributed by atoms with Gasteiger partial charge in [-0.05, 0) is 57.9 Å². The van der Waals surface area contributed by atoms with Gasteiger partial charge in [0.05, 0.1) is 24.6 Å². The maximum Gasteiger partial charge on any atom is 0.145 e. The number of pyridine rings is 1. The number of aliphatic hydroxyl groups is 1. The van der Waals surface area contributed by atoms with Crippen molar-refractivity contribution in [2.24, 2.45) is 0 Å². The van der Waals surface area contributed by atoms with Crippen molar-refractivity contribution >= 4 is 0 Å². The Kier molecular flexibility index (Phi) is 11.6. The van der Waals surface area contributed by atoms with E-state index in [9.17, 15) is 5.11 Å². The molecule has 1 aromatic heterocycles. The van der Waals surface area contributed by atoms with Crippen LogP contribution >= 0.6 is 0 Å². The summed E-state index contributed by atoms with van der Waals surface area (Å²) in [4.78, 5) is 7.25. The highest BCUT2D eigenvalue weighted by atomic mass is 16.5. The Balaban J connectivity index is 2.25. The number of aryl methyl sites for hydroxylation is 1. The summed E-state index contributed by atoms with van der Waals surface area (Å²) in [5.74, 6) is 0.856. The summed E-state index contributed by atoms with van der Waals surface area (Å²) >= 11 is 0. The average molecular weight is 428 g/mol. The standard InChI is InChI=1S/C26H41N3O2/c1-5-15-27-16-11-12-17-31-26-21(4)28-25(18-22-13-9-8-10-14-22)24(20-30)23(26)19-29(6-2)7-3/h8-10,13-14,27,30H,5-7,11-12,15-20H2,1-4H3. The smallest absolute Gasteiger partial charge is 0.145 e. The first kappa shape index (κ1) is 25.3. The number of nitrogens with one attached hydrogen (secondary N) is 1. The van der Waals surface area contributed by atoms with E-state index in [0.717, 1.165) is 80.3 Å². The van der Waals surface area contributed by atoms with E-state index in [2.05, 4.69) is 43.1 Å². The molecule has 1 heterocycles. The molecule has 1 aromatic carbocycles. The number of benzene rings is 1. The van der Waals surface area contributed by atoms with E-state index in [1.54, 1.807) is 0 Å². The molecule has 2 rings (SSSR count).